The molecule has 2 rings (SSSR count). The Balaban J connectivity index is 2.85. The third kappa shape index (κ3) is 3.59. The summed E-state index contributed by atoms with van der Waals surface area (Å²) < 4.78 is 4.89. The average Bonchev–Trinajstić information content (AvgIpc) is 2.60. The molecule has 2 aromatic carbocycles. The summed E-state index contributed by atoms with van der Waals surface area (Å²) in [5.74, 6) is -2.35. The molecule has 0 radical (unpaired) electrons. The molecule has 0 unspecified atom stereocenters. The number of nitrogens with zero attached hydrogens (tertiary/aromatic N) is 5. The Kier molecular flexibility index (Phi) is 5.05. The van der Waals surface area contributed by atoms with Crippen molar-refractivity contribution in [3.8, 4) is 11.5 Å². The van der Waals surface area contributed by atoms with Crippen LogP contribution in [0, 0.1) is 50.6 Å². The smallest absolute Gasteiger partial charge is 0.325 e. The van der Waals surface area contributed by atoms with Gasteiger partial charge in [0.1, 0.15) is 0 Å². The predicted molar refractivity (Wildman–Crippen MR) is 86.2 cm³/mol. The minimum absolute atomic E-state index is 0.322. The summed E-state index contributed by atoms with van der Waals surface area (Å²) in [6, 6.07) is 3.12. The number of para-hydroxylation sites is 1. The molecule has 0 N–H and O–H groups in total. The van der Waals surface area contributed by atoms with Crippen LogP contribution in [0.5, 0.6) is 11.5 Å². The van der Waals surface area contributed by atoms with Crippen molar-refractivity contribution in [2.45, 2.75) is 0 Å². The van der Waals surface area contributed by atoms with Crippen LogP contribution in [0.15, 0.2) is 30.3 Å². The fraction of sp³-hybridized carbons (Fsp3) is 0. The van der Waals surface area contributed by atoms with E-state index in [1.807, 2.05) is 0 Å². The van der Waals surface area contributed by atoms with Gasteiger partial charge < -0.3 is 4.74 Å². The number of ether oxygens (including phenoxy) is 1. The van der Waals surface area contributed by atoms with E-state index in [4.69, 9.17) is 4.74 Å². The molecule has 0 atom stereocenters. The Morgan fingerprint density at radius 3 is 1.25 bits per heavy atom. The second kappa shape index (κ2) is 7.23. The molecule has 0 saturated carbocycles. The van der Waals surface area contributed by atoms with E-state index in [-0.39, 0.29) is 0 Å². The van der Waals surface area contributed by atoms with Crippen LogP contribution in [-0.4, -0.2) is 24.6 Å². The molecule has 0 aliphatic carbocycles. The SMILES string of the molecule is O=[N+]([O-])c1cc([N+](=O)[O-])c(Oc2c([N+](=O)[O-])cccc2[N+](=O)[O-])c([N+](=O)[O-])c1. The molecule has 0 bridgehead atoms. The zero-order chi connectivity index (χ0) is 21.2. The van der Waals surface area contributed by atoms with Gasteiger partial charge in [0.15, 0.2) is 0 Å². The topological polar surface area (TPSA) is 225 Å². The van der Waals surface area contributed by atoms with E-state index in [2.05, 4.69) is 0 Å². The van der Waals surface area contributed by atoms with Gasteiger partial charge in [0.25, 0.3) is 17.2 Å². The monoisotopic (exact) mass is 395 g/mol. The zero-order valence-electron chi connectivity index (χ0n) is 13.1. The number of benzene rings is 2. The van der Waals surface area contributed by atoms with Crippen molar-refractivity contribution in [3.63, 3.8) is 0 Å². The molecule has 16 nitrogen and oxygen atoms in total. The first-order valence-corrected chi connectivity index (χ1v) is 6.75. The van der Waals surface area contributed by atoms with Crippen molar-refractivity contribution in [1.29, 1.82) is 0 Å². The van der Waals surface area contributed by atoms with E-state index >= 15 is 0 Å². The minimum atomic E-state index is -1.28. The number of nitro benzene ring substituents is 5. The molecular weight excluding hydrogens is 390 g/mol. The molecule has 0 saturated heterocycles. The highest BCUT2D eigenvalue weighted by Crippen LogP contribution is 2.47. The maximum Gasteiger partial charge on any atom is 0.325 e. The molecule has 0 spiro atoms. The Labute approximate surface area is 151 Å². The van der Waals surface area contributed by atoms with Crippen molar-refractivity contribution in [3.05, 3.63) is 80.9 Å². The summed E-state index contributed by atoms with van der Waals surface area (Å²) in [5.41, 5.74) is -5.60. The van der Waals surface area contributed by atoms with Gasteiger partial charge in [-0.1, -0.05) is 0 Å². The van der Waals surface area contributed by atoms with Crippen LogP contribution in [0.3, 0.4) is 0 Å². The average molecular weight is 395 g/mol. The van der Waals surface area contributed by atoms with Gasteiger partial charge in [-0.15, -0.1) is 0 Å². The van der Waals surface area contributed by atoms with Crippen molar-refractivity contribution in [1.82, 2.24) is 0 Å². The van der Waals surface area contributed by atoms with E-state index in [0.29, 0.717) is 12.1 Å². The van der Waals surface area contributed by atoms with Crippen molar-refractivity contribution in [2.75, 3.05) is 0 Å². The number of hydrogen-bond acceptors (Lipinski definition) is 11. The number of nitro groups is 5. The predicted octanol–water partition coefficient (Wildman–Crippen LogP) is 3.02. The molecule has 144 valence electrons. The van der Waals surface area contributed by atoms with Crippen LogP contribution in [0.2, 0.25) is 0 Å². The summed E-state index contributed by atoms with van der Waals surface area (Å²) in [4.78, 5) is 49.6. The molecule has 28 heavy (non-hydrogen) atoms. The molecule has 16 heteroatoms. The van der Waals surface area contributed by atoms with Gasteiger partial charge in [-0.2, -0.15) is 0 Å². The Hall–Kier alpha value is -4.76. The Bertz CT molecular complexity index is 983. The Morgan fingerprint density at radius 1 is 0.571 bits per heavy atom. The van der Waals surface area contributed by atoms with Crippen molar-refractivity contribution in [2.24, 2.45) is 0 Å². The summed E-state index contributed by atoms with van der Waals surface area (Å²) >= 11 is 0. The number of hydrogen-bond donors (Lipinski definition) is 0. The quantitative estimate of drug-likeness (QED) is 0.488. The number of non-ortho nitro benzene ring substituents is 1. The second-order valence-electron chi connectivity index (χ2n) is 4.83. The van der Waals surface area contributed by atoms with E-state index in [1.54, 1.807) is 0 Å². The van der Waals surface area contributed by atoms with Gasteiger partial charge >= 0.3 is 22.7 Å². The molecule has 0 amide bonds. The first-order valence-electron chi connectivity index (χ1n) is 6.75. The van der Waals surface area contributed by atoms with Crippen LogP contribution < -0.4 is 4.74 Å². The normalized spacial score (nSPS) is 10.1. The molecule has 0 aliphatic rings. The van der Waals surface area contributed by atoms with E-state index in [9.17, 15) is 50.6 Å². The van der Waals surface area contributed by atoms with Crippen LogP contribution >= 0.6 is 0 Å². The van der Waals surface area contributed by atoms with Gasteiger partial charge in [-0.05, 0) is 6.07 Å². The molecular formula is C12H5N5O11. The third-order valence-electron chi connectivity index (χ3n) is 3.21. The molecule has 2 aromatic rings. The highest BCUT2D eigenvalue weighted by atomic mass is 16.7. The van der Waals surface area contributed by atoms with E-state index in [1.165, 1.54) is 0 Å². The van der Waals surface area contributed by atoms with Crippen LogP contribution in [-0.2, 0) is 0 Å². The molecule has 0 heterocycles. The van der Waals surface area contributed by atoms with Crippen LogP contribution in [0.25, 0.3) is 0 Å². The Morgan fingerprint density at radius 2 is 0.929 bits per heavy atom. The van der Waals surface area contributed by atoms with Gasteiger partial charge in [-0.3, -0.25) is 50.6 Å². The molecule has 0 aromatic heterocycles. The van der Waals surface area contributed by atoms with Gasteiger partial charge in [0, 0.05) is 12.1 Å². The van der Waals surface area contributed by atoms with Crippen molar-refractivity contribution >= 4 is 28.4 Å². The van der Waals surface area contributed by atoms with Gasteiger partial charge in [0.2, 0.25) is 0 Å². The van der Waals surface area contributed by atoms with E-state index in [0.717, 1.165) is 18.2 Å². The minimum Gasteiger partial charge on any atom is -0.430 e. The van der Waals surface area contributed by atoms with Gasteiger partial charge in [-0.25, -0.2) is 0 Å². The first kappa shape index (κ1) is 19.6. The molecule has 0 aliphatic heterocycles. The maximum absolute atomic E-state index is 11.2. The summed E-state index contributed by atoms with van der Waals surface area (Å²) in [5, 5.41) is 55.5. The fourth-order valence-corrected chi connectivity index (χ4v) is 2.07. The maximum atomic E-state index is 11.2. The second-order valence-corrected chi connectivity index (χ2v) is 4.83. The fourth-order valence-electron chi connectivity index (χ4n) is 2.07. The first-order chi connectivity index (χ1) is 13.0. The third-order valence-corrected chi connectivity index (χ3v) is 3.21. The summed E-state index contributed by atoms with van der Waals surface area (Å²) in [7, 11) is 0. The van der Waals surface area contributed by atoms with E-state index < -0.39 is 64.6 Å². The van der Waals surface area contributed by atoms with Gasteiger partial charge in [0.05, 0.1) is 36.7 Å². The lowest BCUT2D eigenvalue weighted by Crippen LogP contribution is -2.03. The van der Waals surface area contributed by atoms with Crippen molar-refractivity contribution < 1.29 is 29.4 Å². The number of rotatable bonds is 7. The summed E-state index contributed by atoms with van der Waals surface area (Å²) in [6.45, 7) is 0. The lowest BCUT2D eigenvalue weighted by molar-refractivity contribution is -0.405. The molecule has 0 fully saturated rings. The largest absolute Gasteiger partial charge is 0.430 e. The highest BCUT2D eigenvalue weighted by Gasteiger charge is 2.36. The lowest BCUT2D eigenvalue weighted by Gasteiger charge is -2.08. The van der Waals surface area contributed by atoms with Crippen LogP contribution in [0.4, 0.5) is 28.4 Å². The lowest BCUT2D eigenvalue weighted by atomic mass is 10.2. The van der Waals surface area contributed by atoms with Crippen LogP contribution in [0.1, 0.15) is 0 Å². The standard InChI is InChI=1S/C12H5N5O11/c18-13(19)6-4-9(16(24)25)12(10(5-6)17(26)27)28-11-7(14(20)21)2-1-3-8(11)15(22)23/h1-5H. The highest BCUT2D eigenvalue weighted by molar-refractivity contribution is 5.69. The summed E-state index contributed by atoms with van der Waals surface area (Å²) in [6.07, 6.45) is 0. The zero-order valence-corrected chi connectivity index (χ0v) is 13.1.